The van der Waals surface area contributed by atoms with E-state index < -0.39 is 0 Å². The SMILES string of the molecule is COc1ccc(NC(=O)CCN(C(C)=O)C(C)(C)C)c(OC)c1. The highest BCUT2D eigenvalue weighted by molar-refractivity contribution is 5.92. The number of hydrogen-bond donors (Lipinski definition) is 1. The van der Waals surface area contributed by atoms with Crippen molar-refractivity contribution in [3.05, 3.63) is 18.2 Å². The molecular formula is C17H26N2O4. The summed E-state index contributed by atoms with van der Waals surface area (Å²) in [6, 6.07) is 5.17. The van der Waals surface area contributed by atoms with Gasteiger partial charge < -0.3 is 19.7 Å². The van der Waals surface area contributed by atoms with Gasteiger partial charge >= 0.3 is 0 Å². The zero-order valence-corrected chi connectivity index (χ0v) is 14.7. The number of methoxy groups -OCH3 is 2. The maximum atomic E-state index is 12.2. The van der Waals surface area contributed by atoms with Crippen LogP contribution in [0.1, 0.15) is 34.1 Å². The van der Waals surface area contributed by atoms with Gasteiger partial charge in [0.15, 0.2) is 0 Å². The molecule has 6 heteroatoms. The van der Waals surface area contributed by atoms with Crippen molar-refractivity contribution >= 4 is 17.5 Å². The van der Waals surface area contributed by atoms with Crippen molar-refractivity contribution in [3.8, 4) is 11.5 Å². The lowest BCUT2D eigenvalue weighted by Crippen LogP contribution is -2.45. The summed E-state index contributed by atoms with van der Waals surface area (Å²) >= 11 is 0. The van der Waals surface area contributed by atoms with Crippen molar-refractivity contribution in [1.29, 1.82) is 0 Å². The van der Waals surface area contributed by atoms with E-state index >= 15 is 0 Å². The fourth-order valence-corrected chi connectivity index (χ4v) is 2.29. The zero-order chi connectivity index (χ0) is 17.6. The second kappa shape index (κ2) is 7.85. The third-order valence-corrected chi connectivity index (χ3v) is 3.44. The largest absolute Gasteiger partial charge is 0.497 e. The summed E-state index contributed by atoms with van der Waals surface area (Å²) < 4.78 is 10.4. The molecule has 0 fully saturated rings. The summed E-state index contributed by atoms with van der Waals surface area (Å²) in [4.78, 5) is 25.5. The predicted molar refractivity (Wildman–Crippen MR) is 89.9 cm³/mol. The van der Waals surface area contributed by atoms with E-state index in [-0.39, 0.29) is 23.8 Å². The summed E-state index contributed by atoms with van der Waals surface area (Å²) in [7, 11) is 3.09. The van der Waals surface area contributed by atoms with Crippen molar-refractivity contribution in [2.75, 3.05) is 26.1 Å². The monoisotopic (exact) mass is 322 g/mol. The van der Waals surface area contributed by atoms with E-state index in [0.29, 0.717) is 23.7 Å². The molecule has 0 saturated carbocycles. The van der Waals surface area contributed by atoms with Gasteiger partial charge in [-0.3, -0.25) is 9.59 Å². The van der Waals surface area contributed by atoms with Crippen LogP contribution in [-0.4, -0.2) is 43.0 Å². The molecule has 0 saturated heterocycles. The van der Waals surface area contributed by atoms with E-state index in [1.54, 1.807) is 30.2 Å². The smallest absolute Gasteiger partial charge is 0.226 e. The van der Waals surface area contributed by atoms with Gasteiger partial charge in [-0.15, -0.1) is 0 Å². The van der Waals surface area contributed by atoms with Crippen LogP contribution < -0.4 is 14.8 Å². The highest BCUT2D eigenvalue weighted by Gasteiger charge is 2.24. The Morgan fingerprint density at radius 3 is 2.30 bits per heavy atom. The lowest BCUT2D eigenvalue weighted by atomic mass is 10.1. The number of benzene rings is 1. The molecule has 0 radical (unpaired) electrons. The molecule has 23 heavy (non-hydrogen) atoms. The minimum absolute atomic E-state index is 0.0488. The lowest BCUT2D eigenvalue weighted by Gasteiger charge is -2.34. The van der Waals surface area contributed by atoms with Gasteiger partial charge in [0.25, 0.3) is 0 Å². The number of ether oxygens (including phenoxy) is 2. The molecule has 1 N–H and O–H groups in total. The lowest BCUT2D eigenvalue weighted by molar-refractivity contribution is -0.134. The Morgan fingerprint density at radius 2 is 1.83 bits per heavy atom. The Hall–Kier alpha value is -2.24. The molecule has 0 heterocycles. The van der Waals surface area contributed by atoms with Crippen molar-refractivity contribution in [2.45, 2.75) is 39.7 Å². The van der Waals surface area contributed by atoms with Crippen molar-refractivity contribution in [1.82, 2.24) is 4.90 Å². The molecule has 0 bridgehead atoms. The molecule has 6 nitrogen and oxygen atoms in total. The number of carbonyl (C=O) groups is 2. The second-order valence-electron chi connectivity index (χ2n) is 6.21. The van der Waals surface area contributed by atoms with Crippen molar-refractivity contribution < 1.29 is 19.1 Å². The molecule has 0 aliphatic carbocycles. The molecule has 1 rings (SSSR count). The maximum Gasteiger partial charge on any atom is 0.226 e. The molecule has 0 aromatic heterocycles. The van der Waals surface area contributed by atoms with E-state index in [9.17, 15) is 9.59 Å². The molecule has 1 aromatic rings. The summed E-state index contributed by atoms with van der Waals surface area (Å²) in [5.41, 5.74) is 0.257. The maximum absolute atomic E-state index is 12.2. The molecule has 0 aliphatic heterocycles. The van der Waals surface area contributed by atoms with Crippen LogP contribution in [0.25, 0.3) is 0 Å². The highest BCUT2D eigenvalue weighted by Crippen LogP contribution is 2.29. The fourth-order valence-electron chi connectivity index (χ4n) is 2.29. The van der Waals surface area contributed by atoms with Gasteiger partial charge in [0.1, 0.15) is 11.5 Å². The standard InChI is InChI=1S/C17H26N2O4/c1-12(20)19(17(2,3)4)10-9-16(21)18-14-8-7-13(22-5)11-15(14)23-6/h7-8,11H,9-10H2,1-6H3,(H,18,21). The van der Waals surface area contributed by atoms with Crippen molar-refractivity contribution in [3.63, 3.8) is 0 Å². The number of anilines is 1. The summed E-state index contributed by atoms with van der Waals surface area (Å²) in [5, 5.41) is 2.80. The fraction of sp³-hybridized carbons (Fsp3) is 0.529. The van der Waals surface area contributed by atoms with Crippen molar-refractivity contribution in [2.24, 2.45) is 0 Å². The van der Waals surface area contributed by atoms with E-state index in [0.717, 1.165) is 0 Å². The minimum atomic E-state index is -0.316. The van der Waals surface area contributed by atoms with Gasteiger partial charge in [0.05, 0.1) is 19.9 Å². The normalized spacial score (nSPS) is 10.9. The number of rotatable bonds is 6. The number of amides is 2. The van der Waals surface area contributed by atoms with Gasteiger partial charge in [-0.1, -0.05) is 0 Å². The van der Waals surface area contributed by atoms with Gasteiger partial charge in [-0.05, 0) is 32.9 Å². The molecule has 2 amide bonds. The van der Waals surface area contributed by atoms with Crippen LogP contribution in [0, 0.1) is 0 Å². The van der Waals surface area contributed by atoms with Crippen LogP contribution in [0.3, 0.4) is 0 Å². The quantitative estimate of drug-likeness (QED) is 0.874. The highest BCUT2D eigenvalue weighted by atomic mass is 16.5. The molecule has 1 aromatic carbocycles. The molecule has 0 unspecified atom stereocenters. The third kappa shape index (κ3) is 5.47. The summed E-state index contributed by atoms with van der Waals surface area (Å²) in [5.74, 6) is 0.948. The molecule has 0 aliphatic rings. The summed E-state index contributed by atoms with van der Waals surface area (Å²) in [6.07, 6.45) is 0.214. The second-order valence-corrected chi connectivity index (χ2v) is 6.21. The number of nitrogens with zero attached hydrogens (tertiary/aromatic N) is 1. The average Bonchev–Trinajstić information content (AvgIpc) is 2.45. The minimum Gasteiger partial charge on any atom is -0.497 e. The first-order chi connectivity index (χ1) is 10.7. The average molecular weight is 322 g/mol. The Kier molecular flexibility index (Phi) is 6.42. The predicted octanol–water partition coefficient (Wildman–Crippen LogP) is 2.68. The van der Waals surface area contributed by atoms with Crippen LogP contribution in [-0.2, 0) is 9.59 Å². The van der Waals surface area contributed by atoms with Gasteiger partial charge in [-0.25, -0.2) is 0 Å². The van der Waals surface area contributed by atoms with E-state index in [2.05, 4.69) is 5.32 Å². The van der Waals surface area contributed by atoms with Gasteiger partial charge in [0, 0.05) is 31.5 Å². The molecule has 0 spiro atoms. The topological polar surface area (TPSA) is 67.9 Å². The van der Waals surface area contributed by atoms with Crippen LogP contribution in [0.15, 0.2) is 18.2 Å². The Balaban J connectivity index is 2.72. The van der Waals surface area contributed by atoms with Crippen LogP contribution in [0.5, 0.6) is 11.5 Å². The van der Waals surface area contributed by atoms with E-state index in [4.69, 9.17) is 9.47 Å². The first-order valence-corrected chi connectivity index (χ1v) is 7.49. The Labute approximate surface area is 137 Å². The molecular weight excluding hydrogens is 296 g/mol. The number of carbonyl (C=O) groups excluding carboxylic acids is 2. The van der Waals surface area contributed by atoms with E-state index in [1.165, 1.54) is 14.0 Å². The van der Waals surface area contributed by atoms with Crippen LogP contribution >= 0.6 is 0 Å². The third-order valence-electron chi connectivity index (χ3n) is 3.44. The number of nitrogens with one attached hydrogen (secondary N) is 1. The van der Waals surface area contributed by atoms with Gasteiger partial charge in [-0.2, -0.15) is 0 Å². The summed E-state index contributed by atoms with van der Waals surface area (Å²) in [6.45, 7) is 7.70. The first kappa shape index (κ1) is 18.8. The Bertz CT molecular complexity index is 564. The Morgan fingerprint density at radius 1 is 1.17 bits per heavy atom. The van der Waals surface area contributed by atoms with Crippen LogP contribution in [0.2, 0.25) is 0 Å². The van der Waals surface area contributed by atoms with E-state index in [1.807, 2.05) is 20.8 Å². The van der Waals surface area contributed by atoms with Crippen LogP contribution in [0.4, 0.5) is 5.69 Å². The number of hydrogen-bond acceptors (Lipinski definition) is 4. The zero-order valence-electron chi connectivity index (χ0n) is 14.7. The molecule has 128 valence electrons. The first-order valence-electron chi connectivity index (χ1n) is 7.49. The van der Waals surface area contributed by atoms with Gasteiger partial charge in [0.2, 0.25) is 11.8 Å². The molecule has 0 atom stereocenters.